The molecule has 0 aliphatic carbocycles. The highest BCUT2D eigenvalue weighted by Crippen LogP contribution is 2.33. The topological polar surface area (TPSA) is 70.3 Å². The van der Waals surface area contributed by atoms with E-state index >= 15 is 0 Å². The van der Waals surface area contributed by atoms with Crippen LogP contribution in [0.3, 0.4) is 0 Å². The molecular weight excluding hydrogens is 276 g/mol. The van der Waals surface area contributed by atoms with E-state index in [0.717, 1.165) is 49.5 Å². The quantitative estimate of drug-likeness (QED) is 0.859. The second-order valence-electron chi connectivity index (χ2n) is 7.23. The number of nitrogens with zero attached hydrogens (tertiary/aromatic N) is 4. The molecule has 0 amide bonds. The lowest BCUT2D eigenvalue weighted by molar-refractivity contribution is 0.387. The van der Waals surface area contributed by atoms with Crippen LogP contribution in [0.4, 0.5) is 17.6 Å². The highest BCUT2D eigenvalue weighted by Gasteiger charge is 2.39. The van der Waals surface area contributed by atoms with Gasteiger partial charge in [-0.15, -0.1) is 0 Å². The number of nitrogens with one attached hydrogen (secondary N) is 1. The minimum absolute atomic E-state index is 0.360. The Morgan fingerprint density at radius 3 is 2.55 bits per heavy atom. The Bertz CT molecular complexity index is 503. The van der Waals surface area contributed by atoms with E-state index in [1.54, 1.807) is 0 Å². The molecular formula is C16H28N6. The Hall–Kier alpha value is -1.56. The van der Waals surface area contributed by atoms with Gasteiger partial charge in [0.2, 0.25) is 5.95 Å². The molecule has 2 unspecified atom stereocenters. The lowest BCUT2D eigenvalue weighted by atomic mass is 10.0. The van der Waals surface area contributed by atoms with Gasteiger partial charge in [-0.25, -0.2) is 0 Å². The molecule has 6 nitrogen and oxygen atoms in total. The number of fused-ring (bicyclic) bond motifs is 1. The Balaban J connectivity index is 1.65. The number of likely N-dealkylation sites (tertiary alicyclic amines) is 1. The van der Waals surface area contributed by atoms with Crippen LogP contribution in [-0.4, -0.2) is 54.6 Å². The van der Waals surface area contributed by atoms with Crippen molar-refractivity contribution in [1.82, 2.24) is 14.9 Å². The predicted octanol–water partition coefficient (Wildman–Crippen LogP) is 1.51. The van der Waals surface area contributed by atoms with Crippen molar-refractivity contribution in [2.24, 2.45) is 17.8 Å². The molecule has 3 N–H and O–H groups in total. The van der Waals surface area contributed by atoms with Gasteiger partial charge in [-0.1, -0.05) is 13.8 Å². The monoisotopic (exact) mass is 304 g/mol. The van der Waals surface area contributed by atoms with Crippen LogP contribution in [-0.2, 0) is 0 Å². The number of aromatic nitrogens is 2. The van der Waals surface area contributed by atoms with E-state index in [-0.39, 0.29) is 0 Å². The number of anilines is 3. The highest BCUT2D eigenvalue weighted by molar-refractivity contribution is 5.53. The zero-order valence-corrected chi connectivity index (χ0v) is 13.9. The molecule has 0 radical (unpaired) electrons. The van der Waals surface area contributed by atoms with Gasteiger partial charge in [0.1, 0.15) is 11.6 Å². The minimum Gasteiger partial charge on any atom is -0.370 e. The summed E-state index contributed by atoms with van der Waals surface area (Å²) in [7, 11) is 2.21. The van der Waals surface area contributed by atoms with Gasteiger partial charge < -0.3 is 20.9 Å². The predicted molar refractivity (Wildman–Crippen MR) is 91.1 cm³/mol. The lowest BCUT2D eigenvalue weighted by Gasteiger charge is -2.21. The van der Waals surface area contributed by atoms with Crippen LogP contribution in [0.2, 0.25) is 0 Å². The van der Waals surface area contributed by atoms with Gasteiger partial charge in [0, 0.05) is 38.8 Å². The van der Waals surface area contributed by atoms with E-state index in [1.807, 2.05) is 6.07 Å². The molecule has 3 rings (SSSR count). The normalized spacial score (nSPS) is 25.0. The first kappa shape index (κ1) is 15.3. The highest BCUT2D eigenvalue weighted by atomic mass is 15.3. The summed E-state index contributed by atoms with van der Waals surface area (Å²) in [6.45, 7) is 9.92. The van der Waals surface area contributed by atoms with Crippen molar-refractivity contribution in [3.05, 3.63) is 6.07 Å². The third kappa shape index (κ3) is 3.43. The third-order valence-corrected chi connectivity index (χ3v) is 4.75. The zero-order valence-electron chi connectivity index (χ0n) is 13.9. The van der Waals surface area contributed by atoms with Crippen molar-refractivity contribution >= 4 is 17.6 Å². The first-order valence-electron chi connectivity index (χ1n) is 8.33. The SMILES string of the molecule is CC(C)CCNc1cc(N2CC3CN(C)CC3C2)nc(N)n1. The first-order valence-corrected chi connectivity index (χ1v) is 8.33. The van der Waals surface area contributed by atoms with Crippen molar-refractivity contribution in [2.45, 2.75) is 20.3 Å². The van der Waals surface area contributed by atoms with Crippen molar-refractivity contribution in [3.63, 3.8) is 0 Å². The van der Waals surface area contributed by atoms with Crippen LogP contribution >= 0.6 is 0 Å². The summed E-state index contributed by atoms with van der Waals surface area (Å²) in [6.07, 6.45) is 1.12. The molecule has 0 spiro atoms. The molecule has 22 heavy (non-hydrogen) atoms. The largest absolute Gasteiger partial charge is 0.370 e. The molecule has 0 saturated carbocycles. The van der Waals surface area contributed by atoms with Gasteiger partial charge in [0.15, 0.2) is 0 Å². The summed E-state index contributed by atoms with van der Waals surface area (Å²) >= 11 is 0. The molecule has 0 aromatic carbocycles. The Morgan fingerprint density at radius 2 is 1.91 bits per heavy atom. The Labute approximate surface area is 133 Å². The number of rotatable bonds is 5. The van der Waals surface area contributed by atoms with Crippen molar-refractivity contribution in [2.75, 3.05) is 55.7 Å². The van der Waals surface area contributed by atoms with E-state index in [4.69, 9.17) is 5.73 Å². The van der Waals surface area contributed by atoms with Crippen molar-refractivity contribution in [3.8, 4) is 0 Å². The Morgan fingerprint density at radius 1 is 1.23 bits per heavy atom. The van der Waals surface area contributed by atoms with Crippen LogP contribution in [0, 0.1) is 17.8 Å². The van der Waals surface area contributed by atoms with Gasteiger partial charge in [0.25, 0.3) is 0 Å². The van der Waals surface area contributed by atoms with Gasteiger partial charge in [0.05, 0.1) is 0 Å². The van der Waals surface area contributed by atoms with E-state index < -0.39 is 0 Å². The van der Waals surface area contributed by atoms with Gasteiger partial charge in [-0.3, -0.25) is 0 Å². The maximum absolute atomic E-state index is 5.90. The molecule has 2 atom stereocenters. The smallest absolute Gasteiger partial charge is 0.223 e. The van der Waals surface area contributed by atoms with E-state index in [1.165, 1.54) is 13.1 Å². The average molecular weight is 304 g/mol. The minimum atomic E-state index is 0.360. The molecule has 2 aliphatic heterocycles. The molecule has 3 heterocycles. The summed E-state index contributed by atoms with van der Waals surface area (Å²) < 4.78 is 0. The maximum Gasteiger partial charge on any atom is 0.223 e. The van der Waals surface area contributed by atoms with E-state index in [2.05, 4.69) is 46.0 Å². The molecule has 0 bridgehead atoms. The molecule has 2 fully saturated rings. The number of nitrogen functional groups attached to an aromatic ring is 1. The molecule has 1 aromatic heterocycles. The molecule has 122 valence electrons. The lowest BCUT2D eigenvalue weighted by Crippen LogP contribution is -2.27. The fraction of sp³-hybridized carbons (Fsp3) is 0.750. The van der Waals surface area contributed by atoms with Crippen LogP contribution in [0.25, 0.3) is 0 Å². The van der Waals surface area contributed by atoms with Crippen LogP contribution < -0.4 is 16.0 Å². The van der Waals surface area contributed by atoms with E-state index in [0.29, 0.717) is 11.9 Å². The average Bonchev–Trinajstić information content (AvgIpc) is 2.94. The zero-order chi connectivity index (χ0) is 15.7. The third-order valence-electron chi connectivity index (χ3n) is 4.75. The summed E-state index contributed by atoms with van der Waals surface area (Å²) in [5, 5.41) is 3.37. The fourth-order valence-corrected chi connectivity index (χ4v) is 3.61. The molecule has 2 aliphatic rings. The summed E-state index contributed by atoms with van der Waals surface area (Å²) in [5.74, 6) is 4.38. The van der Waals surface area contributed by atoms with Gasteiger partial charge in [-0.2, -0.15) is 9.97 Å². The number of nitrogens with two attached hydrogens (primary N) is 1. The molecule has 2 saturated heterocycles. The first-order chi connectivity index (χ1) is 10.5. The van der Waals surface area contributed by atoms with Crippen molar-refractivity contribution in [1.29, 1.82) is 0 Å². The summed E-state index contributed by atoms with van der Waals surface area (Å²) in [6, 6.07) is 2.04. The maximum atomic E-state index is 5.90. The van der Waals surface area contributed by atoms with Crippen molar-refractivity contribution < 1.29 is 0 Å². The van der Waals surface area contributed by atoms with Crippen LogP contribution in [0.5, 0.6) is 0 Å². The van der Waals surface area contributed by atoms with Gasteiger partial charge in [-0.05, 0) is 31.2 Å². The number of hydrogen-bond donors (Lipinski definition) is 2. The second kappa shape index (κ2) is 6.28. The Kier molecular flexibility index (Phi) is 4.38. The standard InChI is InChI=1S/C16H28N6/c1-11(2)4-5-18-14-6-15(20-16(17)19-14)22-9-12-7-21(3)8-13(12)10-22/h6,11-13H,4-5,7-10H2,1-3H3,(H3,17,18,19,20). The second-order valence-corrected chi connectivity index (χ2v) is 7.23. The summed E-state index contributed by atoms with van der Waals surface area (Å²) in [4.78, 5) is 13.6. The molecule has 6 heteroatoms. The van der Waals surface area contributed by atoms with Crippen LogP contribution in [0.1, 0.15) is 20.3 Å². The molecule has 1 aromatic rings. The van der Waals surface area contributed by atoms with E-state index in [9.17, 15) is 0 Å². The fourth-order valence-electron chi connectivity index (χ4n) is 3.61. The number of hydrogen-bond acceptors (Lipinski definition) is 6. The summed E-state index contributed by atoms with van der Waals surface area (Å²) in [5.41, 5.74) is 5.90. The van der Waals surface area contributed by atoms with Crippen LogP contribution in [0.15, 0.2) is 6.07 Å². The van der Waals surface area contributed by atoms with Gasteiger partial charge >= 0.3 is 0 Å².